The summed E-state index contributed by atoms with van der Waals surface area (Å²) in [6, 6.07) is 8.23. The van der Waals surface area contributed by atoms with Crippen molar-refractivity contribution in [3.8, 4) is 17.3 Å². The predicted octanol–water partition coefficient (Wildman–Crippen LogP) is 5.45. The molecule has 0 saturated heterocycles. The zero-order valence-electron chi connectivity index (χ0n) is 14.8. The average Bonchev–Trinajstić information content (AvgIpc) is 3.06. The van der Waals surface area contributed by atoms with Crippen LogP contribution in [0.15, 0.2) is 48.7 Å². The number of carbonyl (C=O) groups is 1. The molecule has 0 bridgehead atoms. The number of nitrogens with one attached hydrogen (secondary N) is 1. The second-order valence-electron chi connectivity index (χ2n) is 5.64. The van der Waals surface area contributed by atoms with Crippen molar-refractivity contribution in [3.63, 3.8) is 0 Å². The van der Waals surface area contributed by atoms with Gasteiger partial charge in [0.15, 0.2) is 23.0 Å². The molecular formula is C17H9ClF6N4O3. The molecule has 14 heteroatoms. The third-order valence-corrected chi connectivity index (χ3v) is 3.68. The Labute approximate surface area is 174 Å². The Balaban J connectivity index is 1.88. The van der Waals surface area contributed by atoms with Gasteiger partial charge in [-0.3, -0.25) is 5.32 Å². The van der Waals surface area contributed by atoms with Crippen molar-refractivity contribution in [1.29, 1.82) is 0 Å². The number of alkyl halides is 6. The Morgan fingerprint density at radius 2 is 1.71 bits per heavy atom. The van der Waals surface area contributed by atoms with Crippen molar-refractivity contribution in [2.75, 3.05) is 5.32 Å². The van der Waals surface area contributed by atoms with E-state index in [4.69, 9.17) is 11.6 Å². The molecule has 0 fully saturated rings. The number of anilines is 1. The molecule has 3 rings (SSSR count). The minimum absolute atomic E-state index is 0.109. The summed E-state index contributed by atoms with van der Waals surface area (Å²) >= 11 is 5.68. The molecule has 0 aliphatic rings. The second-order valence-corrected chi connectivity index (χ2v) is 6.03. The number of nitrogens with zero attached hydrogens (tertiary/aromatic N) is 3. The first-order valence-electron chi connectivity index (χ1n) is 8.06. The van der Waals surface area contributed by atoms with Gasteiger partial charge in [-0.2, -0.15) is 18.3 Å². The lowest BCUT2D eigenvalue weighted by Crippen LogP contribution is -2.22. The van der Waals surface area contributed by atoms with E-state index in [1.807, 2.05) is 5.32 Å². The molecule has 1 N–H and O–H groups in total. The van der Waals surface area contributed by atoms with Crippen molar-refractivity contribution < 1.29 is 40.6 Å². The van der Waals surface area contributed by atoms with Crippen molar-refractivity contribution in [1.82, 2.24) is 14.8 Å². The van der Waals surface area contributed by atoms with Gasteiger partial charge >= 0.3 is 18.6 Å². The van der Waals surface area contributed by atoms with E-state index in [1.54, 1.807) is 0 Å². The van der Waals surface area contributed by atoms with Crippen molar-refractivity contribution in [2.45, 2.75) is 12.5 Å². The molecule has 2 aromatic heterocycles. The molecule has 164 valence electrons. The van der Waals surface area contributed by atoms with Gasteiger partial charge in [0.2, 0.25) is 0 Å². The number of para-hydroxylation sites is 2. The van der Waals surface area contributed by atoms with E-state index in [1.165, 1.54) is 30.3 Å². The normalized spacial score (nSPS) is 11.8. The number of halogens is 7. The van der Waals surface area contributed by atoms with Crippen LogP contribution in [0.5, 0.6) is 11.5 Å². The van der Waals surface area contributed by atoms with Crippen LogP contribution >= 0.6 is 11.6 Å². The summed E-state index contributed by atoms with van der Waals surface area (Å²) in [6.45, 7) is 0. The number of carbonyl (C=O) groups excluding carboxylic acids is 1. The first-order chi connectivity index (χ1) is 14.4. The fourth-order valence-corrected chi connectivity index (χ4v) is 2.54. The van der Waals surface area contributed by atoms with Gasteiger partial charge in [-0.25, -0.2) is 14.5 Å². The monoisotopic (exact) mass is 466 g/mol. The molecule has 0 aliphatic heterocycles. The molecule has 31 heavy (non-hydrogen) atoms. The highest BCUT2D eigenvalue weighted by atomic mass is 35.5. The van der Waals surface area contributed by atoms with E-state index in [9.17, 15) is 31.1 Å². The molecule has 0 saturated carbocycles. The van der Waals surface area contributed by atoms with E-state index in [2.05, 4.69) is 19.6 Å². The fourth-order valence-electron chi connectivity index (χ4n) is 2.38. The van der Waals surface area contributed by atoms with Crippen molar-refractivity contribution >= 4 is 23.4 Å². The molecule has 0 atom stereocenters. The minimum Gasteiger partial charge on any atom is -0.406 e. The van der Waals surface area contributed by atoms with E-state index < -0.39 is 41.5 Å². The average molecular weight is 467 g/mol. The quantitative estimate of drug-likeness (QED) is 0.409. The Morgan fingerprint density at radius 1 is 1.00 bits per heavy atom. The molecule has 0 spiro atoms. The highest BCUT2D eigenvalue weighted by Crippen LogP contribution is 2.38. The number of ether oxygens (including phenoxy) is 2. The first kappa shape index (κ1) is 22.2. The number of benzene rings is 1. The standard InChI is InChI=1S/C17H9ClF6N4O3/c18-12-6-3-7-13(27-12)28-14(16(19,20)21)11(8-25-28)30-15(29)26-9-4-1-2-5-10(9)31-17(22,23)24/h1-8H,(H,26,29). The molecule has 7 nitrogen and oxygen atoms in total. The van der Waals surface area contributed by atoms with Crippen LogP contribution in [0.3, 0.4) is 0 Å². The molecule has 1 amide bonds. The summed E-state index contributed by atoms with van der Waals surface area (Å²) in [5.74, 6) is -2.11. The molecular weight excluding hydrogens is 458 g/mol. The van der Waals surface area contributed by atoms with Crippen LogP contribution in [-0.2, 0) is 6.18 Å². The SMILES string of the molecule is O=C(Nc1ccccc1OC(F)(F)F)Oc1cnn(-c2cccc(Cl)n2)c1C(F)(F)F. The molecule has 3 aromatic rings. The molecule has 2 heterocycles. The van der Waals surface area contributed by atoms with Crippen LogP contribution in [0.1, 0.15) is 5.69 Å². The lowest BCUT2D eigenvalue weighted by Gasteiger charge is -2.14. The molecule has 0 unspecified atom stereocenters. The highest BCUT2D eigenvalue weighted by Gasteiger charge is 2.41. The number of rotatable bonds is 4. The van der Waals surface area contributed by atoms with Crippen LogP contribution in [0.2, 0.25) is 5.15 Å². The Kier molecular flexibility index (Phi) is 5.97. The number of hydrogen-bond donors (Lipinski definition) is 1. The zero-order valence-corrected chi connectivity index (χ0v) is 15.6. The van der Waals surface area contributed by atoms with E-state index in [0.717, 1.165) is 12.1 Å². The van der Waals surface area contributed by atoms with E-state index in [-0.39, 0.29) is 11.0 Å². The van der Waals surface area contributed by atoms with Gasteiger partial charge in [0.05, 0.1) is 11.9 Å². The van der Waals surface area contributed by atoms with Gasteiger partial charge in [-0.05, 0) is 24.3 Å². The maximum Gasteiger partial charge on any atom is 0.573 e. The summed E-state index contributed by atoms with van der Waals surface area (Å²) in [7, 11) is 0. The summed E-state index contributed by atoms with van der Waals surface area (Å²) < 4.78 is 86.9. The first-order valence-corrected chi connectivity index (χ1v) is 8.43. The third kappa shape index (κ3) is 5.57. The van der Waals surface area contributed by atoms with E-state index >= 15 is 0 Å². The predicted molar refractivity (Wildman–Crippen MR) is 94.1 cm³/mol. The number of hydrogen-bond acceptors (Lipinski definition) is 5. The number of aromatic nitrogens is 3. The highest BCUT2D eigenvalue weighted by molar-refractivity contribution is 6.29. The smallest absolute Gasteiger partial charge is 0.406 e. The van der Waals surface area contributed by atoms with Gasteiger partial charge in [-0.1, -0.05) is 29.8 Å². The van der Waals surface area contributed by atoms with E-state index in [0.29, 0.717) is 10.9 Å². The molecule has 0 radical (unpaired) electrons. The summed E-state index contributed by atoms with van der Waals surface area (Å²) in [5, 5.41) is 5.30. The largest absolute Gasteiger partial charge is 0.573 e. The van der Waals surface area contributed by atoms with Gasteiger partial charge in [0, 0.05) is 0 Å². The van der Waals surface area contributed by atoms with Gasteiger partial charge < -0.3 is 9.47 Å². The Hall–Kier alpha value is -3.48. The minimum atomic E-state index is -5.06. The Morgan fingerprint density at radius 3 is 2.35 bits per heavy atom. The maximum absolute atomic E-state index is 13.6. The number of pyridine rings is 1. The molecule has 1 aromatic carbocycles. The van der Waals surface area contributed by atoms with Crippen LogP contribution < -0.4 is 14.8 Å². The Bertz CT molecular complexity index is 1100. The summed E-state index contributed by atoms with van der Waals surface area (Å²) in [6.07, 6.45) is -11.0. The van der Waals surface area contributed by atoms with Gasteiger partial charge in [-0.15, -0.1) is 13.2 Å². The third-order valence-electron chi connectivity index (χ3n) is 3.47. The topological polar surface area (TPSA) is 78.3 Å². The van der Waals surface area contributed by atoms with Crippen LogP contribution in [0, 0.1) is 0 Å². The van der Waals surface area contributed by atoms with Crippen LogP contribution in [0.4, 0.5) is 36.8 Å². The van der Waals surface area contributed by atoms with Crippen LogP contribution in [-0.4, -0.2) is 27.2 Å². The lowest BCUT2D eigenvalue weighted by atomic mass is 10.3. The molecule has 0 aliphatic carbocycles. The zero-order chi connectivity index (χ0) is 22.8. The number of amides is 1. The lowest BCUT2D eigenvalue weighted by molar-refractivity contribution is -0.274. The summed E-state index contributed by atoms with van der Waals surface area (Å²) in [4.78, 5) is 15.8. The second kappa shape index (κ2) is 8.34. The van der Waals surface area contributed by atoms with Crippen LogP contribution in [0.25, 0.3) is 5.82 Å². The van der Waals surface area contributed by atoms with Crippen molar-refractivity contribution in [3.05, 3.63) is 59.5 Å². The fraction of sp³-hybridized carbons (Fsp3) is 0.118. The van der Waals surface area contributed by atoms with Gasteiger partial charge in [0.25, 0.3) is 0 Å². The van der Waals surface area contributed by atoms with Gasteiger partial charge in [0.1, 0.15) is 5.15 Å². The summed E-state index contributed by atoms with van der Waals surface area (Å²) in [5.41, 5.74) is -1.97. The maximum atomic E-state index is 13.6. The van der Waals surface area contributed by atoms with Crippen molar-refractivity contribution in [2.24, 2.45) is 0 Å².